The Hall–Kier alpha value is -2.80. The van der Waals surface area contributed by atoms with Gasteiger partial charge in [-0.05, 0) is 24.5 Å². The SMILES string of the molecule is CCCn1c(O)c([C@@H]2NCCc3c2[nH]c2ccccc32)c(=O)[nH]c1=O. The Morgan fingerprint density at radius 3 is 2.84 bits per heavy atom. The maximum atomic E-state index is 12.5. The number of hydrogen-bond donors (Lipinski definition) is 4. The lowest BCUT2D eigenvalue weighted by Gasteiger charge is -2.25. The van der Waals surface area contributed by atoms with Crippen LogP contribution in [0.4, 0.5) is 0 Å². The summed E-state index contributed by atoms with van der Waals surface area (Å²) in [6, 6.07) is 7.50. The van der Waals surface area contributed by atoms with Crippen molar-refractivity contribution in [2.75, 3.05) is 6.54 Å². The fraction of sp³-hybridized carbons (Fsp3) is 0.333. The second kappa shape index (κ2) is 5.93. The first-order chi connectivity index (χ1) is 12.1. The molecule has 1 atom stereocenters. The quantitative estimate of drug-likeness (QED) is 0.578. The van der Waals surface area contributed by atoms with Crippen LogP contribution in [0, 0.1) is 0 Å². The second-order valence-electron chi connectivity index (χ2n) is 6.35. The molecule has 0 radical (unpaired) electrons. The molecule has 2 aromatic heterocycles. The van der Waals surface area contributed by atoms with Gasteiger partial charge < -0.3 is 15.4 Å². The van der Waals surface area contributed by atoms with Gasteiger partial charge in [0.1, 0.15) is 5.56 Å². The van der Waals surface area contributed by atoms with Crippen LogP contribution in [0.25, 0.3) is 10.9 Å². The van der Waals surface area contributed by atoms with Gasteiger partial charge in [-0.15, -0.1) is 0 Å². The van der Waals surface area contributed by atoms with Crippen molar-refractivity contribution < 1.29 is 5.11 Å². The fourth-order valence-electron chi connectivity index (χ4n) is 3.69. The van der Waals surface area contributed by atoms with E-state index in [2.05, 4.69) is 21.4 Å². The number of aromatic nitrogens is 3. The van der Waals surface area contributed by atoms with Crippen LogP contribution in [0.3, 0.4) is 0 Å². The molecule has 4 rings (SSSR count). The molecule has 7 nitrogen and oxygen atoms in total. The van der Waals surface area contributed by atoms with Crippen molar-refractivity contribution in [1.82, 2.24) is 19.9 Å². The van der Waals surface area contributed by atoms with E-state index < -0.39 is 17.3 Å². The number of nitrogens with one attached hydrogen (secondary N) is 3. The molecule has 0 fully saturated rings. The van der Waals surface area contributed by atoms with E-state index in [-0.39, 0.29) is 11.4 Å². The Balaban J connectivity index is 1.95. The molecule has 0 aliphatic carbocycles. The number of hydrogen-bond acceptors (Lipinski definition) is 4. The number of benzene rings is 1. The molecule has 0 spiro atoms. The zero-order valence-corrected chi connectivity index (χ0v) is 13.9. The van der Waals surface area contributed by atoms with Crippen LogP contribution < -0.4 is 16.6 Å². The molecule has 0 unspecified atom stereocenters. The van der Waals surface area contributed by atoms with E-state index in [1.807, 2.05) is 25.1 Å². The summed E-state index contributed by atoms with van der Waals surface area (Å²) in [6.07, 6.45) is 1.51. The van der Waals surface area contributed by atoms with Crippen molar-refractivity contribution in [2.24, 2.45) is 0 Å². The number of nitrogens with zero attached hydrogens (tertiary/aromatic N) is 1. The average Bonchev–Trinajstić information content (AvgIpc) is 2.98. The zero-order chi connectivity index (χ0) is 17.6. The molecule has 1 aliphatic heterocycles. The monoisotopic (exact) mass is 340 g/mol. The summed E-state index contributed by atoms with van der Waals surface area (Å²) >= 11 is 0. The summed E-state index contributed by atoms with van der Waals surface area (Å²) in [5.41, 5.74) is 2.06. The molecule has 4 N–H and O–H groups in total. The minimum Gasteiger partial charge on any atom is -0.494 e. The van der Waals surface area contributed by atoms with Crippen molar-refractivity contribution in [3.63, 3.8) is 0 Å². The van der Waals surface area contributed by atoms with Gasteiger partial charge in [0, 0.05) is 29.7 Å². The normalized spacial score (nSPS) is 16.9. The molecule has 0 amide bonds. The number of para-hydroxylation sites is 1. The van der Waals surface area contributed by atoms with Crippen LogP contribution in [-0.2, 0) is 13.0 Å². The molecule has 3 heterocycles. The summed E-state index contributed by atoms with van der Waals surface area (Å²) in [7, 11) is 0. The molecular weight excluding hydrogens is 320 g/mol. The third-order valence-corrected chi connectivity index (χ3v) is 4.80. The van der Waals surface area contributed by atoms with Gasteiger partial charge in [-0.1, -0.05) is 25.1 Å². The van der Waals surface area contributed by atoms with Crippen LogP contribution in [0.15, 0.2) is 33.9 Å². The van der Waals surface area contributed by atoms with Gasteiger partial charge in [-0.3, -0.25) is 14.3 Å². The second-order valence-corrected chi connectivity index (χ2v) is 6.35. The first-order valence-corrected chi connectivity index (χ1v) is 8.50. The molecule has 7 heteroatoms. The van der Waals surface area contributed by atoms with Crippen LogP contribution in [-0.4, -0.2) is 26.2 Å². The summed E-state index contributed by atoms with van der Waals surface area (Å²) in [4.78, 5) is 30.2. The van der Waals surface area contributed by atoms with Gasteiger partial charge in [-0.25, -0.2) is 4.79 Å². The molecule has 130 valence electrons. The molecule has 25 heavy (non-hydrogen) atoms. The molecule has 1 aliphatic rings. The number of H-pyrrole nitrogens is 2. The third-order valence-electron chi connectivity index (χ3n) is 4.80. The summed E-state index contributed by atoms with van der Waals surface area (Å²) in [6.45, 7) is 2.94. The van der Waals surface area contributed by atoms with E-state index in [1.54, 1.807) is 0 Å². The summed E-state index contributed by atoms with van der Waals surface area (Å²) < 4.78 is 1.22. The average molecular weight is 340 g/mol. The highest BCUT2D eigenvalue weighted by atomic mass is 16.3. The third kappa shape index (κ3) is 2.39. The highest BCUT2D eigenvalue weighted by Crippen LogP contribution is 2.34. The maximum absolute atomic E-state index is 12.5. The smallest absolute Gasteiger partial charge is 0.331 e. The number of fused-ring (bicyclic) bond motifs is 3. The van der Waals surface area contributed by atoms with E-state index in [4.69, 9.17) is 0 Å². The zero-order valence-electron chi connectivity index (χ0n) is 13.9. The first-order valence-electron chi connectivity index (χ1n) is 8.50. The van der Waals surface area contributed by atoms with Crippen LogP contribution in [0.1, 0.15) is 36.2 Å². The lowest BCUT2D eigenvalue weighted by Crippen LogP contribution is -2.39. The van der Waals surface area contributed by atoms with E-state index >= 15 is 0 Å². The Labute approximate surface area is 143 Å². The van der Waals surface area contributed by atoms with Crippen molar-refractivity contribution in [3.8, 4) is 5.88 Å². The van der Waals surface area contributed by atoms with Gasteiger partial charge in [0.05, 0.1) is 6.04 Å². The topological polar surface area (TPSA) is 103 Å². The van der Waals surface area contributed by atoms with E-state index in [0.29, 0.717) is 19.5 Å². The molecule has 0 saturated carbocycles. The Kier molecular flexibility index (Phi) is 3.73. The van der Waals surface area contributed by atoms with Crippen molar-refractivity contribution in [1.29, 1.82) is 0 Å². The number of aromatic hydroxyl groups is 1. The van der Waals surface area contributed by atoms with Crippen LogP contribution >= 0.6 is 0 Å². The minimum atomic E-state index is -0.583. The molecular formula is C18H20N4O3. The van der Waals surface area contributed by atoms with Crippen molar-refractivity contribution in [2.45, 2.75) is 32.4 Å². The van der Waals surface area contributed by atoms with Gasteiger partial charge in [-0.2, -0.15) is 0 Å². The van der Waals surface area contributed by atoms with Gasteiger partial charge >= 0.3 is 5.69 Å². The van der Waals surface area contributed by atoms with E-state index in [1.165, 1.54) is 4.57 Å². The molecule has 0 bridgehead atoms. The molecule has 3 aromatic rings. The lowest BCUT2D eigenvalue weighted by molar-refractivity contribution is 0.381. The highest BCUT2D eigenvalue weighted by Gasteiger charge is 2.30. The summed E-state index contributed by atoms with van der Waals surface area (Å²) in [5, 5.41) is 15.0. The predicted octanol–water partition coefficient (Wildman–Crippen LogP) is 1.37. The summed E-state index contributed by atoms with van der Waals surface area (Å²) in [5.74, 6) is -0.264. The first kappa shape index (κ1) is 15.7. The predicted molar refractivity (Wildman–Crippen MR) is 95.1 cm³/mol. The van der Waals surface area contributed by atoms with E-state index in [0.717, 1.165) is 28.6 Å². The minimum absolute atomic E-state index is 0.181. The Morgan fingerprint density at radius 1 is 1.24 bits per heavy atom. The van der Waals surface area contributed by atoms with Gasteiger partial charge in [0.2, 0.25) is 5.88 Å². The van der Waals surface area contributed by atoms with Crippen LogP contribution in [0.2, 0.25) is 0 Å². The Morgan fingerprint density at radius 2 is 2.04 bits per heavy atom. The molecule has 0 saturated heterocycles. The van der Waals surface area contributed by atoms with Crippen molar-refractivity contribution in [3.05, 3.63) is 61.9 Å². The van der Waals surface area contributed by atoms with Gasteiger partial charge in [0.25, 0.3) is 5.56 Å². The largest absolute Gasteiger partial charge is 0.494 e. The number of rotatable bonds is 3. The maximum Gasteiger partial charge on any atom is 0.331 e. The molecule has 1 aromatic carbocycles. The standard InChI is InChI=1S/C18H20N4O3/c1-2-9-22-17(24)13(16(23)21-18(22)25)15-14-11(7-8-19-15)10-5-3-4-6-12(10)20-14/h3-6,15,19-20,24H,2,7-9H2,1H3,(H,21,23,25)/t15-/m0/s1. The highest BCUT2D eigenvalue weighted by molar-refractivity contribution is 5.85. The van der Waals surface area contributed by atoms with Crippen molar-refractivity contribution >= 4 is 10.9 Å². The Bertz CT molecular complexity index is 1060. The van der Waals surface area contributed by atoms with E-state index in [9.17, 15) is 14.7 Å². The fourth-order valence-corrected chi connectivity index (χ4v) is 3.69. The van der Waals surface area contributed by atoms with Gasteiger partial charge in [0.15, 0.2) is 0 Å². The lowest BCUT2D eigenvalue weighted by atomic mass is 9.95. The number of aromatic amines is 2. The van der Waals surface area contributed by atoms with Crippen LogP contribution in [0.5, 0.6) is 5.88 Å².